The van der Waals surface area contributed by atoms with Crippen molar-refractivity contribution >= 4 is 0 Å². The summed E-state index contributed by atoms with van der Waals surface area (Å²) in [7, 11) is 0. The molecule has 0 aromatic carbocycles. The summed E-state index contributed by atoms with van der Waals surface area (Å²) >= 11 is 0. The first kappa shape index (κ1) is 8.48. The smallest absolute Gasteiger partial charge is 0.0702 e. The highest BCUT2D eigenvalue weighted by molar-refractivity contribution is 4.82. The number of rotatable bonds is 3. The third-order valence-corrected chi connectivity index (χ3v) is 2.78. The molecule has 0 radical (unpaired) electrons. The molecule has 0 aromatic rings. The monoisotopic (exact) mass is 171 g/mol. The second-order valence-electron chi connectivity index (χ2n) is 3.90. The predicted octanol–water partition coefficient (Wildman–Crippen LogP) is 0.0895. The first-order valence-electron chi connectivity index (χ1n) is 4.83. The third-order valence-electron chi connectivity index (χ3n) is 2.78. The third kappa shape index (κ3) is 1.79. The minimum atomic E-state index is 0.349. The van der Waals surface area contributed by atoms with Gasteiger partial charge in [0.2, 0.25) is 0 Å². The SMILES string of the molecule is OCC1CN(CC2CCCO2)C1. The largest absolute Gasteiger partial charge is 0.396 e. The summed E-state index contributed by atoms with van der Waals surface area (Å²) in [6.45, 7) is 4.51. The van der Waals surface area contributed by atoms with Gasteiger partial charge in [0.25, 0.3) is 0 Å². The standard InChI is InChI=1S/C9H17NO2/c11-7-8-4-10(5-8)6-9-2-1-3-12-9/h8-9,11H,1-7H2. The lowest BCUT2D eigenvalue weighted by Crippen LogP contribution is -2.50. The summed E-state index contributed by atoms with van der Waals surface area (Å²) in [5.41, 5.74) is 0. The van der Waals surface area contributed by atoms with Gasteiger partial charge in [-0.3, -0.25) is 4.90 Å². The molecule has 2 fully saturated rings. The summed E-state index contributed by atoms with van der Waals surface area (Å²) < 4.78 is 5.52. The van der Waals surface area contributed by atoms with E-state index in [9.17, 15) is 0 Å². The van der Waals surface area contributed by atoms with Crippen LogP contribution < -0.4 is 0 Å². The zero-order valence-corrected chi connectivity index (χ0v) is 7.41. The Labute approximate surface area is 73.3 Å². The van der Waals surface area contributed by atoms with Crippen molar-refractivity contribution in [1.82, 2.24) is 4.90 Å². The van der Waals surface area contributed by atoms with Crippen LogP contribution in [-0.4, -0.2) is 49.0 Å². The summed E-state index contributed by atoms with van der Waals surface area (Å²) in [5.74, 6) is 0.534. The van der Waals surface area contributed by atoms with Crippen LogP contribution in [0.2, 0.25) is 0 Å². The quantitative estimate of drug-likeness (QED) is 0.653. The van der Waals surface area contributed by atoms with Crippen molar-refractivity contribution in [2.45, 2.75) is 18.9 Å². The van der Waals surface area contributed by atoms with Gasteiger partial charge in [-0.1, -0.05) is 0 Å². The van der Waals surface area contributed by atoms with Gasteiger partial charge in [-0.15, -0.1) is 0 Å². The molecule has 70 valence electrons. The molecule has 3 nitrogen and oxygen atoms in total. The van der Waals surface area contributed by atoms with Crippen LogP contribution >= 0.6 is 0 Å². The molecule has 2 heterocycles. The Morgan fingerprint density at radius 3 is 2.83 bits per heavy atom. The second kappa shape index (κ2) is 3.73. The first-order valence-corrected chi connectivity index (χ1v) is 4.83. The number of aliphatic hydroxyl groups is 1. The molecule has 1 N–H and O–H groups in total. The predicted molar refractivity (Wildman–Crippen MR) is 46.0 cm³/mol. The van der Waals surface area contributed by atoms with Crippen LogP contribution in [0.3, 0.4) is 0 Å². The number of nitrogens with zero attached hydrogens (tertiary/aromatic N) is 1. The second-order valence-corrected chi connectivity index (χ2v) is 3.90. The Kier molecular flexibility index (Phi) is 2.63. The van der Waals surface area contributed by atoms with Crippen molar-refractivity contribution < 1.29 is 9.84 Å². The fourth-order valence-corrected chi connectivity index (χ4v) is 2.02. The fraction of sp³-hybridized carbons (Fsp3) is 1.00. The van der Waals surface area contributed by atoms with E-state index in [0.29, 0.717) is 18.6 Å². The van der Waals surface area contributed by atoms with Crippen molar-refractivity contribution in [3.05, 3.63) is 0 Å². The summed E-state index contributed by atoms with van der Waals surface area (Å²) in [6.07, 6.45) is 2.92. The van der Waals surface area contributed by atoms with E-state index >= 15 is 0 Å². The summed E-state index contributed by atoms with van der Waals surface area (Å²) in [5, 5.41) is 8.81. The van der Waals surface area contributed by atoms with Crippen LogP contribution in [0, 0.1) is 5.92 Å². The van der Waals surface area contributed by atoms with Crippen LogP contribution in [0.1, 0.15) is 12.8 Å². The van der Waals surface area contributed by atoms with E-state index in [1.165, 1.54) is 12.8 Å². The Bertz CT molecular complexity index is 139. The van der Waals surface area contributed by atoms with Gasteiger partial charge in [0.05, 0.1) is 6.10 Å². The van der Waals surface area contributed by atoms with Gasteiger partial charge >= 0.3 is 0 Å². The molecule has 1 atom stereocenters. The normalized spacial score (nSPS) is 32.2. The zero-order valence-electron chi connectivity index (χ0n) is 7.41. The molecule has 2 saturated heterocycles. The molecule has 0 spiro atoms. The molecule has 12 heavy (non-hydrogen) atoms. The molecule has 0 aliphatic carbocycles. The molecule has 3 heteroatoms. The van der Waals surface area contributed by atoms with E-state index in [1.807, 2.05) is 0 Å². The van der Waals surface area contributed by atoms with Crippen LogP contribution in [0.4, 0.5) is 0 Å². The zero-order chi connectivity index (χ0) is 8.39. The molecule has 2 rings (SSSR count). The molecule has 2 aliphatic heterocycles. The van der Waals surface area contributed by atoms with Crippen molar-refractivity contribution in [2.24, 2.45) is 5.92 Å². The van der Waals surface area contributed by atoms with Gasteiger partial charge < -0.3 is 9.84 Å². The number of hydrogen-bond donors (Lipinski definition) is 1. The Morgan fingerprint density at radius 1 is 1.42 bits per heavy atom. The highest BCUT2D eigenvalue weighted by Crippen LogP contribution is 2.19. The molecular formula is C9H17NO2. The van der Waals surface area contributed by atoms with E-state index in [2.05, 4.69) is 4.90 Å². The number of ether oxygens (including phenoxy) is 1. The molecule has 2 aliphatic rings. The maximum atomic E-state index is 8.81. The van der Waals surface area contributed by atoms with Gasteiger partial charge in [0.15, 0.2) is 0 Å². The molecule has 0 aromatic heterocycles. The molecular weight excluding hydrogens is 154 g/mol. The Balaban J connectivity index is 1.62. The van der Waals surface area contributed by atoms with Crippen molar-refractivity contribution in [1.29, 1.82) is 0 Å². The van der Waals surface area contributed by atoms with Gasteiger partial charge in [-0.05, 0) is 12.8 Å². The maximum absolute atomic E-state index is 8.81. The molecule has 0 amide bonds. The molecule has 0 saturated carbocycles. The lowest BCUT2D eigenvalue weighted by atomic mass is 10.0. The van der Waals surface area contributed by atoms with Gasteiger partial charge in [-0.25, -0.2) is 0 Å². The lowest BCUT2D eigenvalue weighted by molar-refractivity contribution is 0.00567. The summed E-state index contributed by atoms with van der Waals surface area (Å²) in [4.78, 5) is 2.37. The van der Waals surface area contributed by atoms with E-state index < -0.39 is 0 Å². The highest BCUT2D eigenvalue weighted by atomic mass is 16.5. The number of hydrogen-bond acceptors (Lipinski definition) is 3. The lowest BCUT2D eigenvalue weighted by Gasteiger charge is -2.39. The van der Waals surface area contributed by atoms with E-state index in [1.54, 1.807) is 0 Å². The van der Waals surface area contributed by atoms with Crippen molar-refractivity contribution in [3.63, 3.8) is 0 Å². The van der Waals surface area contributed by atoms with Crippen LogP contribution in [-0.2, 0) is 4.74 Å². The van der Waals surface area contributed by atoms with E-state index in [0.717, 1.165) is 26.2 Å². The number of aliphatic hydroxyl groups excluding tert-OH is 1. The minimum Gasteiger partial charge on any atom is -0.396 e. The van der Waals surface area contributed by atoms with Gasteiger partial charge in [0, 0.05) is 38.8 Å². The Morgan fingerprint density at radius 2 is 2.25 bits per heavy atom. The van der Waals surface area contributed by atoms with Crippen molar-refractivity contribution in [2.75, 3.05) is 32.8 Å². The summed E-state index contributed by atoms with van der Waals surface area (Å²) in [6, 6.07) is 0. The Hall–Kier alpha value is -0.120. The number of likely N-dealkylation sites (tertiary alicyclic amines) is 1. The van der Waals surface area contributed by atoms with E-state index in [-0.39, 0.29) is 0 Å². The maximum Gasteiger partial charge on any atom is 0.0702 e. The molecule has 0 bridgehead atoms. The van der Waals surface area contributed by atoms with Gasteiger partial charge in [-0.2, -0.15) is 0 Å². The first-order chi connectivity index (χ1) is 5.88. The van der Waals surface area contributed by atoms with Crippen molar-refractivity contribution in [3.8, 4) is 0 Å². The van der Waals surface area contributed by atoms with Crippen LogP contribution in [0.15, 0.2) is 0 Å². The average molecular weight is 171 g/mol. The molecule has 1 unspecified atom stereocenters. The van der Waals surface area contributed by atoms with Crippen LogP contribution in [0.5, 0.6) is 0 Å². The highest BCUT2D eigenvalue weighted by Gasteiger charge is 2.28. The fourth-order valence-electron chi connectivity index (χ4n) is 2.02. The van der Waals surface area contributed by atoms with Crippen LogP contribution in [0.25, 0.3) is 0 Å². The van der Waals surface area contributed by atoms with E-state index in [4.69, 9.17) is 9.84 Å². The topological polar surface area (TPSA) is 32.7 Å². The van der Waals surface area contributed by atoms with Gasteiger partial charge in [0.1, 0.15) is 0 Å². The minimum absolute atomic E-state index is 0.349. The average Bonchev–Trinajstić information content (AvgIpc) is 2.47.